The second-order valence-electron chi connectivity index (χ2n) is 2.60. The minimum Gasteiger partial charge on any atom is -0.352 e. The van der Waals surface area contributed by atoms with Crippen molar-refractivity contribution in [1.82, 2.24) is 9.62 Å². The summed E-state index contributed by atoms with van der Waals surface area (Å²) in [5.74, 6) is 0.0497. The Morgan fingerprint density at radius 3 is 2.90 bits per heavy atom. The van der Waals surface area contributed by atoms with Crippen LogP contribution in [-0.4, -0.2) is 29.3 Å². The molecule has 1 heterocycles. The van der Waals surface area contributed by atoms with Crippen molar-refractivity contribution in [3.05, 3.63) is 0 Å². The lowest BCUT2D eigenvalue weighted by molar-refractivity contribution is -0.119. The fraction of sp³-hybridized carbons (Fsp3) is 0.833. The molecule has 1 fully saturated rings. The van der Waals surface area contributed by atoms with Gasteiger partial charge in [0.2, 0.25) is 5.91 Å². The van der Waals surface area contributed by atoms with Crippen LogP contribution in [0, 0.1) is 0 Å². The van der Waals surface area contributed by atoms with Gasteiger partial charge in [-0.15, -0.1) is 0 Å². The standard InChI is InChI=1S/C6H12N2OS/c1-5(9)7-6-2-3-8(10)4-6/h6,10H,2-4H2,1H3,(H,7,9). The number of nitrogens with zero attached hydrogens (tertiary/aromatic N) is 1. The maximum atomic E-state index is 10.6. The maximum absolute atomic E-state index is 10.6. The molecule has 58 valence electrons. The number of hydrogen-bond donors (Lipinski definition) is 2. The van der Waals surface area contributed by atoms with E-state index in [1.54, 1.807) is 6.92 Å². The summed E-state index contributed by atoms with van der Waals surface area (Å²) in [4.78, 5) is 10.6. The van der Waals surface area contributed by atoms with Crippen LogP contribution in [0.2, 0.25) is 0 Å². The number of carbonyl (C=O) groups is 1. The summed E-state index contributed by atoms with van der Waals surface area (Å²) in [5, 5.41) is 2.84. The molecule has 1 unspecified atom stereocenters. The smallest absolute Gasteiger partial charge is 0.217 e. The zero-order valence-electron chi connectivity index (χ0n) is 6.00. The molecule has 0 bridgehead atoms. The fourth-order valence-corrected chi connectivity index (χ4v) is 1.46. The average molecular weight is 160 g/mol. The van der Waals surface area contributed by atoms with Crippen LogP contribution in [-0.2, 0) is 4.79 Å². The van der Waals surface area contributed by atoms with E-state index in [9.17, 15) is 4.79 Å². The van der Waals surface area contributed by atoms with E-state index in [4.69, 9.17) is 0 Å². The number of carbonyl (C=O) groups excluding carboxylic acids is 1. The molecule has 0 aromatic heterocycles. The fourth-order valence-electron chi connectivity index (χ4n) is 1.15. The largest absolute Gasteiger partial charge is 0.352 e. The molecule has 0 aliphatic carbocycles. The lowest BCUT2D eigenvalue weighted by atomic mass is 10.3. The summed E-state index contributed by atoms with van der Waals surface area (Å²) < 4.78 is 1.92. The molecule has 1 amide bonds. The molecule has 10 heavy (non-hydrogen) atoms. The van der Waals surface area contributed by atoms with E-state index >= 15 is 0 Å². The van der Waals surface area contributed by atoms with Gasteiger partial charge >= 0.3 is 0 Å². The van der Waals surface area contributed by atoms with Gasteiger partial charge in [0.25, 0.3) is 0 Å². The first-order valence-electron chi connectivity index (χ1n) is 3.39. The predicted octanol–water partition coefficient (Wildman–Crippen LogP) is 0.0416. The Morgan fingerprint density at radius 2 is 2.50 bits per heavy atom. The number of nitrogens with one attached hydrogen (secondary N) is 1. The zero-order chi connectivity index (χ0) is 7.56. The van der Waals surface area contributed by atoms with Crippen molar-refractivity contribution in [3.63, 3.8) is 0 Å². The predicted molar refractivity (Wildman–Crippen MR) is 42.8 cm³/mol. The van der Waals surface area contributed by atoms with E-state index in [1.807, 2.05) is 4.31 Å². The number of thiol groups is 1. The molecule has 0 aromatic carbocycles. The minimum atomic E-state index is 0.0497. The Hall–Kier alpha value is -0.220. The Labute approximate surface area is 66.3 Å². The van der Waals surface area contributed by atoms with E-state index in [2.05, 4.69) is 18.1 Å². The van der Waals surface area contributed by atoms with Crippen molar-refractivity contribution in [2.75, 3.05) is 13.1 Å². The first-order valence-corrected chi connectivity index (χ1v) is 3.79. The highest BCUT2D eigenvalue weighted by molar-refractivity contribution is 7.77. The van der Waals surface area contributed by atoms with E-state index in [1.165, 1.54) is 0 Å². The summed E-state index contributed by atoms with van der Waals surface area (Å²) in [6.07, 6.45) is 1.02. The summed E-state index contributed by atoms with van der Waals surface area (Å²) in [7, 11) is 0. The van der Waals surface area contributed by atoms with Crippen LogP contribution < -0.4 is 5.32 Å². The Morgan fingerprint density at radius 1 is 1.80 bits per heavy atom. The molecule has 1 aliphatic rings. The molecule has 0 radical (unpaired) electrons. The highest BCUT2D eigenvalue weighted by atomic mass is 32.1. The molecular formula is C6H12N2OS. The molecule has 0 aromatic rings. The lowest BCUT2D eigenvalue weighted by Gasteiger charge is -2.09. The van der Waals surface area contributed by atoms with Crippen LogP contribution in [0.4, 0.5) is 0 Å². The van der Waals surface area contributed by atoms with E-state index in [-0.39, 0.29) is 5.91 Å². The molecule has 1 atom stereocenters. The molecule has 1 rings (SSSR count). The van der Waals surface area contributed by atoms with Gasteiger partial charge in [0, 0.05) is 26.1 Å². The highest BCUT2D eigenvalue weighted by Crippen LogP contribution is 2.09. The van der Waals surface area contributed by atoms with Gasteiger partial charge in [-0.1, -0.05) is 12.8 Å². The molecule has 1 aliphatic heterocycles. The van der Waals surface area contributed by atoms with Crippen molar-refractivity contribution >= 4 is 18.7 Å². The number of rotatable bonds is 1. The second kappa shape index (κ2) is 3.25. The van der Waals surface area contributed by atoms with Crippen molar-refractivity contribution in [2.45, 2.75) is 19.4 Å². The van der Waals surface area contributed by atoms with Gasteiger partial charge in [0.1, 0.15) is 0 Å². The van der Waals surface area contributed by atoms with Crippen molar-refractivity contribution < 1.29 is 4.79 Å². The SMILES string of the molecule is CC(=O)NC1CCN(S)C1. The van der Waals surface area contributed by atoms with Gasteiger partial charge < -0.3 is 5.32 Å². The van der Waals surface area contributed by atoms with Crippen LogP contribution in [0.15, 0.2) is 0 Å². The summed E-state index contributed by atoms with van der Waals surface area (Å²) >= 11 is 4.16. The monoisotopic (exact) mass is 160 g/mol. The third kappa shape index (κ3) is 2.19. The molecule has 4 heteroatoms. The van der Waals surface area contributed by atoms with Crippen LogP contribution in [0.1, 0.15) is 13.3 Å². The second-order valence-corrected chi connectivity index (χ2v) is 3.16. The van der Waals surface area contributed by atoms with Gasteiger partial charge in [-0.25, -0.2) is 0 Å². The highest BCUT2D eigenvalue weighted by Gasteiger charge is 2.19. The van der Waals surface area contributed by atoms with Crippen LogP contribution in [0.5, 0.6) is 0 Å². The van der Waals surface area contributed by atoms with Gasteiger partial charge in [0.05, 0.1) is 0 Å². The Bertz CT molecular complexity index is 140. The molecule has 3 nitrogen and oxygen atoms in total. The average Bonchev–Trinajstić information content (AvgIpc) is 2.13. The minimum absolute atomic E-state index is 0.0497. The molecule has 1 saturated heterocycles. The van der Waals surface area contributed by atoms with Crippen LogP contribution in [0.25, 0.3) is 0 Å². The van der Waals surface area contributed by atoms with Crippen LogP contribution in [0.3, 0.4) is 0 Å². The first kappa shape index (κ1) is 7.88. The summed E-state index contributed by atoms with van der Waals surface area (Å²) in [5.41, 5.74) is 0. The molecular weight excluding hydrogens is 148 g/mol. The van der Waals surface area contributed by atoms with Gasteiger partial charge in [0.15, 0.2) is 0 Å². The maximum Gasteiger partial charge on any atom is 0.217 e. The van der Waals surface area contributed by atoms with Crippen molar-refractivity contribution in [2.24, 2.45) is 0 Å². The number of amides is 1. The molecule has 1 N–H and O–H groups in total. The van der Waals surface area contributed by atoms with Crippen molar-refractivity contribution in [1.29, 1.82) is 0 Å². The van der Waals surface area contributed by atoms with E-state index in [0.717, 1.165) is 19.5 Å². The summed E-state index contributed by atoms with van der Waals surface area (Å²) in [6.45, 7) is 3.37. The Balaban J connectivity index is 2.24. The zero-order valence-corrected chi connectivity index (χ0v) is 6.90. The Kier molecular flexibility index (Phi) is 2.56. The third-order valence-electron chi connectivity index (χ3n) is 1.57. The van der Waals surface area contributed by atoms with E-state index in [0.29, 0.717) is 6.04 Å². The topological polar surface area (TPSA) is 32.3 Å². The molecule has 0 spiro atoms. The summed E-state index contributed by atoms with van der Waals surface area (Å²) in [6, 6.07) is 0.315. The van der Waals surface area contributed by atoms with Crippen LogP contribution >= 0.6 is 12.8 Å². The normalized spacial score (nSPS) is 26.8. The first-order chi connectivity index (χ1) is 4.68. The number of hydrogen-bond acceptors (Lipinski definition) is 3. The van der Waals surface area contributed by atoms with Gasteiger partial charge in [-0.3, -0.25) is 9.10 Å². The lowest BCUT2D eigenvalue weighted by Crippen LogP contribution is -2.34. The third-order valence-corrected chi connectivity index (χ3v) is 1.94. The molecule has 0 saturated carbocycles. The quantitative estimate of drug-likeness (QED) is 0.531. The van der Waals surface area contributed by atoms with Gasteiger partial charge in [-0.2, -0.15) is 0 Å². The van der Waals surface area contributed by atoms with Gasteiger partial charge in [-0.05, 0) is 6.42 Å². The van der Waals surface area contributed by atoms with Crippen molar-refractivity contribution in [3.8, 4) is 0 Å². The van der Waals surface area contributed by atoms with E-state index < -0.39 is 0 Å².